The fraction of sp³-hybridized carbons (Fsp3) is 0.0230. The van der Waals surface area contributed by atoms with Crippen molar-refractivity contribution in [3.63, 3.8) is 0 Å². The summed E-state index contributed by atoms with van der Waals surface area (Å²) in [6.07, 6.45) is 30.4. The third-order valence-electron chi connectivity index (χ3n) is 16.0. The van der Waals surface area contributed by atoms with E-state index in [0.29, 0.717) is 0 Å². The van der Waals surface area contributed by atoms with Crippen molar-refractivity contribution in [2.75, 3.05) is 0 Å². The number of aromatic amines is 4. The molecule has 5 aliphatic rings. The Morgan fingerprint density at radius 2 is 0.816 bits per heavy atom. The van der Waals surface area contributed by atoms with E-state index in [0.717, 1.165) is 159 Å². The topological polar surface area (TPSA) is 226 Å². The number of aliphatic carboxylic acids is 1. The molecule has 0 fully saturated rings. The number of aldehydes is 1. The largest absolute Gasteiger partial charge is 2.00 e. The molecule has 0 saturated heterocycles. The number of rotatable bonds is 7. The summed E-state index contributed by atoms with van der Waals surface area (Å²) in [5, 5.41) is 10.2. The molecule has 16 heteroatoms. The number of carboxylic acid groups (broad SMARTS) is 1. The number of nitrogens with zero attached hydrogens (tertiary/aromatic N) is 6. The van der Waals surface area contributed by atoms with Gasteiger partial charge in [-0.2, -0.15) is 0 Å². The Kier molecular flexibility index (Phi) is 24.2. The van der Waals surface area contributed by atoms with Crippen LogP contribution in [0.4, 0.5) is 0 Å². The third-order valence-corrected chi connectivity index (χ3v) is 16.0. The Labute approximate surface area is 605 Å². The van der Waals surface area contributed by atoms with Crippen LogP contribution in [-0.2, 0) is 33.1 Å². The van der Waals surface area contributed by atoms with E-state index in [2.05, 4.69) is 195 Å². The number of carbonyl (C=O) groups is 3. The van der Waals surface area contributed by atoms with Gasteiger partial charge in [0.05, 0.1) is 45.6 Å². The van der Waals surface area contributed by atoms with Crippen molar-refractivity contribution in [2.45, 2.75) is 13.3 Å². The molecule has 1 radical (unpaired) electrons. The Balaban J connectivity index is 0.000000147. The van der Waals surface area contributed by atoms with Crippen LogP contribution in [0, 0.1) is 6.20 Å². The molecule has 13 aromatic rings. The van der Waals surface area contributed by atoms with Crippen LogP contribution in [0.15, 0.2) is 279 Å². The fourth-order valence-electron chi connectivity index (χ4n) is 11.6. The number of benzene rings is 5. The first-order valence-electron chi connectivity index (χ1n) is 32.8. The zero-order valence-corrected chi connectivity index (χ0v) is 57.1. The van der Waals surface area contributed by atoms with Crippen LogP contribution in [0.3, 0.4) is 0 Å². The van der Waals surface area contributed by atoms with Gasteiger partial charge in [-0.15, -0.1) is 22.1 Å². The maximum atomic E-state index is 10.0. The summed E-state index contributed by atoms with van der Waals surface area (Å²) in [5.41, 5.74) is 26.5. The molecule has 0 spiro atoms. The molecular formula is C87H68MnN11O4+. The first-order valence-corrected chi connectivity index (χ1v) is 32.8. The maximum Gasteiger partial charge on any atom is 2.00 e. The second-order valence-corrected chi connectivity index (χ2v) is 23.2. The zero-order valence-electron chi connectivity index (χ0n) is 55.9. The predicted octanol–water partition coefficient (Wildman–Crippen LogP) is 19.0. The van der Waals surface area contributed by atoms with E-state index in [9.17, 15) is 4.79 Å². The first kappa shape index (κ1) is 70.7. The molecule has 15 nitrogen and oxygen atoms in total. The zero-order chi connectivity index (χ0) is 70.2. The number of nitrogens with one attached hydrogen (secondary N) is 5. The molecule has 0 aliphatic carbocycles. The number of H-pyrrole nitrogens is 4. The SMILES string of the molecule is C1=Cc2nc1cc1ccc([n-]1)c(-c1ccccc1)c1nc(cc3ccc([n-]3)c2-c2ccccc2)C=C1.C1=Cc2nc1cc1nc(c(-c3ccccc3)c3ccc(cc4ccc([nH]4)c2-c2ccccc2)[nH]3)C=C1.C=O.CC(=O)O.O=Cc1ccccc1.[C+]1=CC=CN1.[Mn+2].c1c[nH]c(Cc2ccc[nH]2)c1. The van der Waals surface area contributed by atoms with E-state index in [1.807, 2.05) is 159 Å². The Morgan fingerprint density at radius 3 is 1.15 bits per heavy atom. The molecule has 5 aromatic carbocycles. The van der Waals surface area contributed by atoms with Gasteiger partial charge in [-0.3, -0.25) is 9.59 Å². The third kappa shape index (κ3) is 18.8. The quantitative estimate of drug-likeness (QED) is 0.0500. The molecule has 103 heavy (non-hydrogen) atoms. The Bertz CT molecular complexity index is 5170. The minimum Gasteiger partial charge on any atom is -0.657 e. The van der Waals surface area contributed by atoms with Crippen LogP contribution in [0.2, 0.25) is 0 Å². The monoisotopic (exact) mass is 1390 g/mol. The summed E-state index contributed by atoms with van der Waals surface area (Å²) >= 11 is 0. The van der Waals surface area contributed by atoms with Crippen molar-refractivity contribution < 1.29 is 36.6 Å². The Morgan fingerprint density at radius 1 is 0.447 bits per heavy atom. The van der Waals surface area contributed by atoms with Gasteiger partial charge in [0.2, 0.25) is 0 Å². The van der Waals surface area contributed by atoms with E-state index in [1.54, 1.807) is 12.1 Å². The molecule has 0 atom stereocenters. The fourth-order valence-corrected chi connectivity index (χ4v) is 11.6. The Hall–Kier alpha value is -13.6. The average Bonchev–Trinajstić information content (AvgIpc) is 1.69. The molecule has 5 aliphatic heterocycles. The smallest absolute Gasteiger partial charge is 0.657 e. The van der Waals surface area contributed by atoms with Crippen LogP contribution in [0.1, 0.15) is 74.2 Å². The van der Waals surface area contributed by atoms with Crippen molar-refractivity contribution in [3.05, 3.63) is 348 Å². The maximum absolute atomic E-state index is 10.0. The number of hydrogen-bond acceptors (Lipinski definition) is 8. The molecule has 0 unspecified atom stereocenters. The van der Waals surface area contributed by atoms with Crippen molar-refractivity contribution in [3.8, 4) is 44.5 Å². The van der Waals surface area contributed by atoms with Crippen LogP contribution in [0.5, 0.6) is 0 Å². The van der Waals surface area contributed by atoms with Crippen LogP contribution < -0.4 is 15.3 Å². The second kappa shape index (κ2) is 35.2. The predicted molar refractivity (Wildman–Crippen MR) is 414 cm³/mol. The summed E-state index contributed by atoms with van der Waals surface area (Å²) in [6.45, 7) is 3.08. The summed E-state index contributed by atoms with van der Waals surface area (Å²) in [6, 6.07) is 83.6. The molecule has 6 N–H and O–H groups in total. The number of carboxylic acids is 1. The van der Waals surface area contributed by atoms with Crippen molar-refractivity contribution in [1.82, 2.24) is 55.2 Å². The van der Waals surface area contributed by atoms with E-state index < -0.39 is 5.97 Å². The number of fused-ring (bicyclic) bond motifs is 16. The molecule has 0 saturated carbocycles. The molecule has 18 rings (SSSR count). The van der Waals surface area contributed by atoms with Gasteiger partial charge in [-0.25, -0.2) is 25.3 Å². The van der Waals surface area contributed by atoms with Crippen LogP contribution >= 0.6 is 0 Å². The van der Waals surface area contributed by atoms with Gasteiger partial charge in [-0.1, -0.05) is 188 Å². The number of allylic oxidation sites excluding steroid dienone is 2. The molecule has 501 valence electrons. The summed E-state index contributed by atoms with van der Waals surface area (Å²) in [4.78, 5) is 70.3. The second-order valence-electron chi connectivity index (χ2n) is 23.2. The molecule has 8 aromatic heterocycles. The van der Waals surface area contributed by atoms with E-state index in [4.69, 9.17) is 44.6 Å². The molecule has 0 amide bonds. The van der Waals surface area contributed by atoms with Gasteiger partial charge < -0.3 is 39.8 Å². The molecule has 16 bridgehead atoms. The van der Waals surface area contributed by atoms with Crippen molar-refractivity contribution in [1.29, 1.82) is 0 Å². The van der Waals surface area contributed by atoms with Gasteiger partial charge in [0.15, 0.2) is 6.20 Å². The normalized spacial score (nSPS) is 11.3. The van der Waals surface area contributed by atoms with Crippen molar-refractivity contribution in [2.24, 2.45) is 0 Å². The first-order chi connectivity index (χ1) is 50.2. The summed E-state index contributed by atoms with van der Waals surface area (Å²) in [5.74, 6) is -0.833. The molecular weight excluding hydrogens is 1320 g/mol. The van der Waals surface area contributed by atoms with Gasteiger partial charge in [0.1, 0.15) is 31.4 Å². The van der Waals surface area contributed by atoms with Gasteiger partial charge >= 0.3 is 17.1 Å². The minimum atomic E-state index is -0.833. The van der Waals surface area contributed by atoms with Gasteiger partial charge in [0, 0.05) is 75.9 Å². The van der Waals surface area contributed by atoms with E-state index in [-0.39, 0.29) is 17.1 Å². The summed E-state index contributed by atoms with van der Waals surface area (Å²) < 4.78 is 0. The number of hydrogen-bond donors (Lipinski definition) is 6. The number of carbonyl (C=O) groups excluding carboxylic acids is 2. The number of aromatic nitrogens is 10. The van der Waals surface area contributed by atoms with Crippen LogP contribution in [0.25, 0.3) is 137 Å². The average molecular weight is 1390 g/mol. The summed E-state index contributed by atoms with van der Waals surface area (Å²) in [7, 11) is 0. The van der Waals surface area contributed by atoms with Crippen LogP contribution in [-0.4, -0.2) is 64.0 Å². The van der Waals surface area contributed by atoms with Gasteiger partial charge in [-0.05, 0) is 143 Å². The standard InChI is InChI=1S/C32H22N4.C32H20N4.C9H10N2.C7H6O.C4H4N.C2H4O2.CH2O.Mn/c2*1-3-7-21(8-4-1)31-27-15-11-23(33-27)19-25-13-17-29(35-25)32(22-9-5-2-6-10-22)30-18-14-26(36-30)20-24-12-16-28(31)34-24;1-3-8(10-5-1)7-9-4-2-6-11-9;8-6-7-4-2-1-3-5-7;1-2-4-5-3-1;1-2(3)4;1-2;/h1-20,33,35H;1-20H;1-6,10-11H,7H2;1-6H;1-3,5H;1H3,(H,3,4);1H2;/q;-2;;;+1;;;+2. The minimum absolute atomic E-state index is 0. The van der Waals surface area contributed by atoms with Gasteiger partial charge in [0.25, 0.3) is 5.97 Å². The molecule has 13 heterocycles. The van der Waals surface area contributed by atoms with E-state index >= 15 is 0 Å². The van der Waals surface area contributed by atoms with E-state index in [1.165, 1.54) is 11.4 Å². The van der Waals surface area contributed by atoms with Crippen molar-refractivity contribution >= 4 is 112 Å².